The SMILES string of the molecule is C=C(C)CN1CCC(F)(F)C(O)C1. The molecule has 4 heteroatoms. The third-order valence-corrected chi connectivity index (χ3v) is 2.17. The number of piperidine rings is 1. The summed E-state index contributed by atoms with van der Waals surface area (Å²) in [7, 11) is 0. The number of aliphatic hydroxyl groups is 1. The van der Waals surface area contributed by atoms with E-state index in [1.54, 1.807) is 4.90 Å². The van der Waals surface area contributed by atoms with Gasteiger partial charge in [-0.2, -0.15) is 0 Å². The van der Waals surface area contributed by atoms with Crippen molar-refractivity contribution >= 4 is 0 Å². The van der Waals surface area contributed by atoms with Crippen LogP contribution in [0.1, 0.15) is 13.3 Å². The number of hydrogen-bond acceptors (Lipinski definition) is 2. The zero-order chi connectivity index (χ0) is 10.1. The molecule has 1 rings (SSSR count). The van der Waals surface area contributed by atoms with Crippen LogP contribution in [0.4, 0.5) is 8.78 Å². The predicted octanol–water partition coefficient (Wildman–Crippen LogP) is 1.26. The lowest BCUT2D eigenvalue weighted by molar-refractivity contribution is -0.146. The van der Waals surface area contributed by atoms with Crippen molar-refractivity contribution in [2.45, 2.75) is 25.4 Å². The molecule has 0 spiro atoms. The molecule has 1 fully saturated rings. The van der Waals surface area contributed by atoms with Crippen LogP contribution in [-0.2, 0) is 0 Å². The van der Waals surface area contributed by atoms with Crippen molar-refractivity contribution in [3.05, 3.63) is 12.2 Å². The minimum absolute atomic E-state index is 0.0415. The van der Waals surface area contributed by atoms with E-state index in [2.05, 4.69) is 6.58 Å². The van der Waals surface area contributed by atoms with E-state index in [4.69, 9.17) is 5.11 Å². The highest BCUT2D eigenvalue weighted by Crippen LogP contribution is 2.28. The summed E-state index contributed by atoms with van der Waals surface area (Å²) in [6.07, 6.45) is -1.79. The van der Waals surface area contributed by atoms with E-state index in [-0.39, 0.29) is 13.0 Å². The minimum Gasteiger partial charge on any atom is -0.386 e. The molecule has 0 aromatic heterocycles. The molecule has 13 heavy (non-hydrogen) atoms. The van der Waals surface area contributed by atoms with Gasteiger partial charge in [0.2, 0.25) is 0 Å². The van der Waals surface area contributed by atoms with Crippen LogP contribution in [0.3, 0.4) is 0 Å². The molecule has 0 aliphatic carbocycles. The van der Waals surface area contributed by atoms with Gasteiger partial charge in [0.1, 0.15) is 6.10 Å². The number of β-amino-alcohol motifs (C(OH)–C–C–N with tert-alkyl or cyclic N) is 1. The molecular weight excluding hydrogens is 176 g/mol. The Balaban J connectivity index is 2.46. The number of aliphatic hydroxyl groups excluding tert-OH is 1. The molecule has 1 aliphatic heterocycles. The van der Waals surface area contributed by atoms with Crippen molar-refractivity contribution < 1.29 is 13.9 Å². The third-order valence-electron chi connectivity index (χ3n) is 2.17. The summed E-state index contributed by atoms with van der Waals surface area (Å²) in [4.78, 5) is 1.80. The van der Waals surface area contributed by atoms with Crippen molar-refractivity contribution in [3.8, 4) is 0 Å². The number of nitrogens with zero attached hydrogens (tertiary/aromatic N) is 1. The van der Waals surface area contributed by atoms with Crippen molar-refractivity contribution in [3.63, 3.8) is 0 Å². The molecule has 1 aliphatic rings. The Morgan fingerprint density at radius 1 is 1.69 bits per heavy atom. The van der Waals surface area contributed by atoms with Crippen LogP contribution in [0.15, 0.2) is 12.2 Å². The highest BCUT2D eigenvalue weighted by atomic mass is 19.3. The van der Waals surface area contributed by atoms with Crippen molar-refractivity contribution in [1.29, 1.82) is 0 Å². The van der Waals surface area contributed by atoms with Gasteiger partial charge in [-0.25, -0.2) is 8.78 Å². The van der Waals surface area contributed by atoms with Crippen molar-refractivity contribution in [2.24, 2.45) is 0 Å². The van der Waals surface area contributed by atoms with Gasteiger partial charge in [-0.05, 0) is 6.92 Å². The molecule has 1 atom stereocenters. The summed E-state index contributed by atoms with van der Waals surface area (Å²) in [5, 5.41) is 9.10. The van der Waals surface area contributed by atoms with Crippen LogP contribution in [-0.4, -0.2) is 41.7 Å². The van der Waals surface area contributed by atoms with Gasteiger partial charge in [0.15, 0.2) is 0 Å². The molecule has 2 nitrogen and oxygen atoms in total. The van der Waals surface area contributed by atoms with Gasteiger partial charge in [0.05, 0.1) is 0 Å². The lowest BCUT2D eigenvalue weighted by Gasteiger charge is -2.35. The zero-order valence-electron chi connectivity index (χ0n) is 7.76. The first kappa shape index (κ1) is 10.6. The maximum absolute atomic E-state index is 12.8. The van der Waals surface area contributed by atoms with Gasteiger partial charge in [-0.3, -0.25) is 4.90 Å². The van der Waals surface area contributed by atoms with E-state index in [9.17, 15) is 8.78 Å². The second-order valence-electron chi connectivity index (χ2n) is 3.72. The third kappa shape index (κ3) is 2.74. The molecule has 0 bridgehead atoms. The molecule has 0 aromatic carbocycles. The van der Waals surface area contributed by atoms with E-state index in [1.165, 1.54) is 0 Å². The molecule has 0 aromatic rings. The highest BCUT2D eigenvalue weighted by Gasteiger charge is 2.42. The van der Waals surface area contributed by atoms with Gasteiger partial charge in [0, 0.05) is 26.1 Å². The lowest BCUT2D eigenvalue weighted by Crippen LogP contribution is -2.50. The van der Waals surface area contributed by atoms with Crippen molar-refractivity contribution in [2.75, 3.05) is 19.6 Å². The van der Waals surface area contributed by atoms with Crippen LogP contribution < -0.4 is 0 Å². The highest BCUT2D eigenvalue weighted by molar-refractivity contribution is 4.95. The fourth-order valence-corrected chi connectivity index (χ4v) is 1.47. The van der Waals surface area contributed by atoms with Gasteiger partial charge in [0.25, 0.3) is 5.92 Å². The zero-order valence-corrected chi connectivity index (χ0v) is 7.76. The Morgan fingerprint density at radius 2 is 2.31 bits per heavy atom. The Morgan fingerprint density at radius 3 is 2.77 bits per heavy atom. The van der Waals surface area contributed by atoms with E-state index in [0.717, 1.165) is 5.57 Å². The normalized spacial score (nSPS) is 28.8. The maximum Gasteiger partial charge on any atom is 0.275 e. The Bertz CT molecular complexity index is 206. The molecule has 1 unspecified atom stereocenters. The predicted molar refractivity (Wildman–Crippen MR) is 46.8 cm³/mol. The van der Waals surface area contributed by atoms with E-state index < -0.39 is 12.0 Å². The molecule has 0 saturated carbocycles. The monoisotopic (exact) mass is 191 g/mol. The summed E-state index contributed by atoms with van der Waals surface area (Å²) in [6.45, 7) is 6.51. The first-order valence-electron chi connectivity index (χ1n) is 4.34. The quantitative estimate of drug-likeness (QED) is 0.664. The van der Waals surface area contributed by atoms with E-state index in [0.29, 0.717) is 13.1 Å². The summed E-state index contributed by atoms with van der Waals surface area (Å²) >= 11 is 0. The Hall–Kier alpha value is -0.480. The van der Waals surface area contributed by atoms with E-state index >= 15 is 0 Å². The van der Waals surface area contributed by atoms with Crippen molar-refractivity contribution in [1.82, 2.24) is 4.90 Å². The summed E-state index contributed by atoms with van der Waals surface area (Å²) in [5.41, 5.74) is 0.928. The Labute approximate surface area is 76.8 Å². The van der Waals surface area contributed by atoms with Gasteiger partial charge < -0.3 is 5.11 Å². The lowest BCUT2D eigenvalue weighted by atomic mass is 10.0. The average Bonchev–Trinajstić information content (AvgIpc) is 1.97. The van der Waals surface area contributed by atoms with Crippen LogP contribution in [0.5, 0.6) is 0 Å². The van der Waals surface area contributed by atoms with Crippen LogP contribution in [0, 0.1) is 0 Å². The molecule has 76 valence electrons. The summed E-state index contributed by atoms with van der Waals surface area (Å²) in [6, 6.07) is 0. The van der Waals surface area contributed by atoms with Crippen LogP contribution in [0.25, 0.3) is 0 Å². The summed E-state index contributed by atoms with van der Waals surface area (Å²) < 4.78 is 25.6. The number of likely N-dealkylation sites (tertiary alicyclic amines) is 1. The minimum atomic E-state index is -2.91. The first-order chi connectivity index (χ1) is 5.92. The van der Waals surface area contributed by atoms with Gasteiger partial charge in [-0.15, -0.1) is 0 Å². The fourth-order valence-electron chi connectivity index (χ4n) is 1.47. The largest absolute Gasteiger partial charge is 0.386 e. The molecule has 1 N–H and O–H groups in total. The number of hydrogen-bond donors (Lipinski definition) is 1. The molecule has 0 radical (unpaired) electrons. The smallest absolute Gasteiger partial charge is 0.275 e. The van der Waals surface area contributed by atoms with Crippen LogP contribution >= 0.6 is 0 Å². The Kier molecular flexibility index (Phi) is 3.03. The average molecular weight is 191 g/mol. The molecule has 1 saturated heterocycles. The topological polar surface area (TPSA) is 23.5 Å². The molecular formula is C9H15F2NO. The van der Waals surface area contributed by atoms with E-state index in [1.807, 2.05) is 6.92 Å². The molecule has 1 heterocycles. The number of halogens is 2. The first-order valence-corrected chi connectivity index (χ1v) is 4.34. The van der Waals surface area contributed by atoms with Gasteiger partial charge >= 0.3 is 0 Å². The maximum atomic E-state index is 12.8. The number of rotatable bonds is 2. The molecule has 0 amide bonds. The standard InChI is InChI=1S/C9H15F2NO/c1-7(2)5-12-4-3-9(10,11)8(13)6-12/h8,13H,1,3-6H2,2H3. The summed E-state index contributed by atoms with van der Waals surface area (Å²) in [5.74, 6) is -2.91. The van der Waals surface area contributed by atoms with Crippen LogP contribution in [0.2, 0.25) is 0 Å². The second kappa shape index (κ2) is 3.72. The second-order valence-corrected chi connectivity index (χ2v) is 3.72. The fraction of sp³-hybridized carbons (Fsp3) is 0.778. The number of alkyl halides is 2. The van der Waals surface area contributed by atoms with Gasteiger partial charge in [-0.1, -0.05) is 12.2 Å².